The van der Waals surface area contributed by atoms with Crippen molar-refractivity contribution >= 4 is 17.5 Å². The van der Waals surface area contributed by atoms with Crippen LogP contribution in [0.3, 0.4) is 0 Å². The van der Waals surface area contributed by atoms with Crippen molar-refractivity contribution in [3.8, 4) is 0 Å². The lowest BCUT2D eigenvalue weighted by atomic mass is 9.97. The van der Waals surface area contributed by atoms with Crippen LogP contribution in [0.15, 0.2) is 24.3 Å². The minimum absolute atomic E-state index is 0.0519. The van der Waals surface area contributed by atoms with Crippen LogP contribution >= 0.6 is 11.6 Å². The van der Waals surface area contributed by atoms with Crippen molar-refractivity contribution in [2.45, 2.75) is 37.8 Å². The number of methoxy groups -OCH3 is 1. The van der Waals surface area contributed by atoms with Gasteiger partial charge in [-0.25, -0.2) is 0 Å². The average molecular weight is 311 g/mol. The lowest BCUT2D eigenvalue weighted by Crippen LogP contribution is -2.52. The number of carbonyl (C=O) groups excluding carboxylic acids is 1. The van der Waals surface area contributed by atoms with Crippen LogP contribution < -0.4 is 10.6 Å². The Balaban J connectivity index is 2.08. The second-order valence-electron chi connectivity index (χ2n) is 5.72. The molecule has 1 fully saturated rings. The predicted molar refractivity (Wildman–Crippen MR) is 84.5 cm³/mol. The first-order valence-electron chi connectivity index (χ1n) is 7.35. The van der Waals surface area contributed by atoms with Crippen molar-refractivity contribution in [1.82, 2.24) is 10.6 Å². The molecular formula is C16H23ClN2O2. The van der Waals surface area contributed by atoms with E-state index in [2.05, 4.69) is 10.6 Å². The van der Waals surface area contributed by atoms with E-state index in [1.165, 1.54) is 0 Å². The summed E-state index contributed by atoms with van der Waals surface area (Å²) in [6, 6.07) is 7.53. The molecule has 1 aliphatic rings. The first-order valence-corrected chi connectivity index (χ1v) is 7.73. The predicted octanol–water partition coefficient (Wildman–Crippen LogP) is 2.68. The zero-order valence-electron chi connectivity index (χ0n) is 12.6. The molecule has 21 heavy (non-hydrogen) atoms. The molecular weight excluding hydrogens is 288 g/mol. The largest absolute Gasteiger partial charge is 0.385 e. The zero-order chi connectivity index (χ0) is 15.3. The number of ether oxygens (including phenoxy) is 1. The first kappa shape index (κ1) is 16.3. The van der Waals surface area contributed by atoms with Crippen LogP contribution in [0.4, 0.5) is 0 Å². The number of rotatable bonds is 6. The third-order valence-corrected chi connectivity index (χ3v) is 4.31. The van der Waals surface area contributed by atoms with E-state index in [1.54, 1.807) is 7.11 Å². The van der Waals surface area contributed by atoms with Crippen LogP contribution in [0.25, 0.3) is 0 Å². The van der Waals surface area contributed by atoms with E-state index < -0.39 is 5.54 Å². The molecule has 0 spiro atoms. The molecule has 116 valence electrons. The van der Waals surface area contributed by atoms with Gasteiger partial charge in [0.1, 0.15) is 0 Å². The molecule has 0 saturated carbocycles. The Bertz CT molecular complexity index is 470. The minimum Gasteiger partial charge on any atom is -0.385 e. The van der Waals surface area contributed by atoms with E-state index in [4.69, 9.17) is 16.3 Å². The number of amides is 1. The zero-order valence-corrected chi connectivity index (χ0v) is 13.4. The van der Waals surface area contributed by atoms with Crippen molar-refractivity contribution in [2.75, 3.05) is 20.3 Å². The summed E-state index contributed by atoms with van der Waals surface area (Å²) >= 11 is 5.93. The Morgan fingerprint density at radius 3 is 2.76 bits per heavy atom. The maximum absolute atomic E-state index is 12.5. The van der Waals surface area contributed by atoms with Crippen molar-refractivity contribution in [1.29, 1.82) is 0 Å². The number of carbonyl (C=O) groups is 1. The smallest absolute Gasteiger partial charge is 0.240 e. The number of halogens is 1. The maximum atomic E-state index is 12.5. The van der Waals surface area contributed by atoms with Gasteiger partial charge in [-0.15, -0.1) is 0 Å². The van der Waals surface area contributed by atoms with Crippen LogP contribution in [-0.2, 0) is 9.53 Å². The molecule has 2 rings (SSSR count). The van der Waals surface area contributed by atoms with Gasteiger partial charge in [-0.1, -0.05) is 23.7 Å². The van der Waals surface area contributed by atoms with Gasteiger partial charge >= 0.3 is 0 Å². The van der Waals surface area contributed by atoms with Gasteiger partial charge in [-0.2, -0.15) is 0 Å². The summed E-state index contributed by atoms with van der Waals surface area (Å²) in [5.41, 5.74) is 0.587. The molecule has 2 N–H and O–H groups in total. The third kappa shape index (κ3) is 4.19. The number of hydrogen-bond acceptors (Lipinski definition) is 3. The van der Waals surface area contributed by atoms with Crippen LogP contribution in [0.2, 0.25) is 5.02 Å². The molecule has 0 bridgehead atoms. The van der Waals surface area contributed by atoms with Crippen LogP contribution in [-0.4, -0.2) is 31.7 Å². The van der Waals surface area contributed by atoms with Crippen LogP contribution in [0, 0.1) is 0 Å². The Morgan fingerprint density at radius 1 is 1.48 bits per heavy atom. The summed E-state index contributed by atoms with van der Waals surface area (Å²) in [7, 11) is 1.67. The molecule has 1 heterocycles. The average Bonchev–Trinajstić information content (AvgIpc) is 2.92. The van der Waals surface area contributed by atoms with Gasteiger partial charge in [0.25, 0.3) is 0 Å². The van der Waals surface area contributed by atoms with Gasteiger partial charge in [-0.05, 0) is 50.4 Å². The molecule has 0 unspecified atom stereocenters. The highest BCUT2D eigenvalue weighted by Gasteiger charge is 2.36. The van der Waals surface area contributed by atoms with E-state index in [0.29, 0.717) is 11.6 Å². The molecule has 0 radical (unpaired) electrons. The summed E-state index contributed by atoms with van der Waals surface area (Å²) in [5.74, 6) is 0.0519. The number of hydrogen-bond donors (Lipinski definition) is 2. The fraction of sp³-hybridized carbons (Fsp3) is 0.562. The molecule has 1 saturated heterocycles. The second-order valence-corrected chi connectivity index (χ2v) is 6.16. The molecule has 4 nitrogen and oxygen atoms in total. The second kappa shape index (κ2) is 7.25. The summed E-state index contributed by atoms with van der Waals surface area (Å²) in [5, 5.41) is 7.13. The highest BCUT2D eigenvalue weighted by molar-refractivity contribution is 6.30. The van der Waals surface area contributed by atoms with Gasteiger partial charge in [-0.3, -0.25) is 4.79 Å². The first-order chi connectivity index (χ1) is 10.0. The quantitative estimate of drug-likeness (QED) is 0.849. The Hall–Kier alpha value is -1.10. The van der Waals surface area contributed by atoms with E-state index in [9.17, 15) is 4.79 Å². The number of nitrogens with one attached hydrogen (secondary N) is 2. The lowest BCUT2D eigenvalue weighted by molar-refractivity contribution is -0.127. The summed E-state index contributed by atoms with van der Waals surface area (Å²) in [6.07, 6.45) is 2.64. The van der Waals surface area contributed by atoms with Crippen LogP contribution in [0.1, 0.15) is 37.8 Å². The fourth-order valence-corrected chi connectivity index (χ4v) is 2.78. The van der Waals surface area contributed by atoms with Crippen molar-refractivity contribution in [3.05, 3.63) is 34.9 Å². The Morgan fingerprint density at radius 2 is 2.19 bits per heavy atom. The highest BCUT2D eigenvalue weighted by atomic mass is 35.5. The third-order valence-electron chi connectivity index (χ3n) is 4.06. The molecule has 1 aromatic carbocycles. The molecule has 1 aliphatic heterocycles. The fourth-order valence-electron chi connectivity index (χ4n) is 2.66. The summed E-state index contributed by atoms with van der Waals surface area (Å²) in [6.45, 7) is 3.45. The minimum atomic E-state index is -0.461. The van der Waals surface area contributed by atoms with E-state index in [-0.39, 0.29) is 11.9 Å². The van der Waals surface area contributed by atoms with Gasteiger partial charge in [0.2, 0.25) is 5.91 Å². The van der Waals surface area contributed by atoms with Crippen molar-refractivity contribution < 1.29 is 9.53 Å². The normalized spacial score (nSPS) is 23.0. The SMILES string of the molecule is COCC[C@H](NC(=O)[C@]1(C)CCCN1)c1ccc(Cl)cc1. The standard InChI is InChI=1S/C16H23ClN2O2/c1-16(9-3-10-18-16)15(20)19-14(8-11-21-2)12-4-6-13(17)7-5-12/h4-7,14,18H,3,8-11H2,1-2H3,(H,19,20)/t14-,16-/m0/s1. The van der Waals surface area contributed by atoms with E-state index in [0.717, 1.165) is 31.4 Å². The maximum Gasteiger partial charge on any atom is 0.240 e. The Labute approximate surface area is 131 Å². The van der Waals surface area contributed by atoms with E-state index >= 15 is 0 Å². The topological polar surface area (TPSA) is 50.4 Å². The van der Waals surface area contributed by atoms with Crippen LogP contribution in [0.5, 0.6) is 0 Å². The Kier molecular flexibility index (Phi) is 5.62. The molecule has 5 heteroatoms. The van der Waals surface area contributed by atoms with Crippen molar-refractivity contribution in [2.24, 2.45) is 0 Å². The molecule has 1 amide bonds. The summed E-state index contributed by atoms with van der Waals surface area (Å²) < 4.78 is 5.16. The summed E-state index contributed by atoms with van der Waals surface area (Å²) in [4.78, 5) is 12.5. The lowest BCUT2D eigenvalue weighted by Gasteiger charge is -2.27. The van der Waals surface area contributed by atoms with Gasteiger partial charge < -0.3 is 15.4 Å². The molecule has 1 aromatic rings. The van der Waals surface area contributed by atoms with Gasteiger partial charge in [0, 0.05) is 18.7 Å². The van der Waals surface area contributed by atoms with Gasteiger partial charge in [0.05, 0.1) is 11.6 Å². The monoisotopic (exact) mass is 310 g/mol. The van der Waals surface area contributed by atoms with E-state index in [1.807, 2.05) is 31.2 Å². The van der Waals surface area contributed by atoms with Crippen molar-refractivity contribution in [3.63, 3.8) is 0 Å². The molecule has 2 atom stereocenters. The van der Waals surface area contributed by atoms with Gasteiger partial charge in [0.15, 0.2) is 0 Å². The molecule has 0 aromatic heterocycles. The molecule has 0 aliphatic carbocycles. The highest BCUT2D eigenvalue weighted by Crippen LogP contribution is 2.23. The number of benzene rings is 1.